The van der Waals surface area contributed by atoms with Crippen molar-refractivity contribution in [3.63, 3.8) is 0 Å². The Labute approximate surface area is 183 Å². The number of hydrogen-bond acceptors (Lipinski definition) is 3. The largest absolute Gasteiger partial charge is 0.288 e. The predicted molar refractivity (Wildman–Crippen MR) is 112 cm³/mol. The molecular formula is C17H6Cl6N2O2. The Bertz CT molecular complexity index is 1040. The fourth-order valence-electron chi connectivity index (χ4n) is 2.51. The molecule has 10 heteroatoms. The van der Waals surface area contributed by atoms with E-state index in [1.54, 1.807) is 0 Å². The van der Waals surface area contributed by atoms with Crippen molar-refractivity contribution in [2.45, 2.75) is 0 Å². The highest BCUT2D eigenvalue weighted by Gasteiger charge is 2.23. The van der Waals surface area contributed by atoms with Crippen LogP contribution in [-0.4, -0.2) is 9.91 Å². The summed E-state index contributed by atoms with van der Waals surface area (Å²) in [4.78, 5) is 14.9. The molecule has 0 aliphatic rings. The smallest absolute Gasteiger partial charge is 0.258 e. The van der Waals surface area contributed by atoms with Crippen LogP contribution in [0.15, 0.2) is 36.5 Å². The van der Waals surface area contributed by atoms with Gasteiger partial charge >= 0.3 is 0 Å². The van der Waals surface area contributed by atoms with E-state index in [0.717, 1.165) is 6.20 Å². The highest BCUT2D eigenvalue weighted by Crippen LogP contribution is 2.45. The first-order chi connectivity index (χ1) is 12.7. The Morgan fingerprint density at radius 1 is 0.741 bits per heavy atom. The lowest BCUT2D eigenvalue weighted by Crippen LogP contribution is -1.97. The number of halogens is 6. The number of rotatable bonds is 3. The van der Waals surface area contributed by atoms with E-state index in [9.17, 15) is 10.1 Å². The molecule has 0 unspecified atom stereocenters. The van der Waals surface area contributed by atoms with Gasteiger partial charge in [0.15, 0.2) is 0 Å². The SMILES string of the molecule is O=[N+]([O-])c1cnc(-c2c(Cl)cc(Cl)cc2Cl)c(-c2c(Cl)cc(Cl)cc2Cl)c1. The van der Waals surface area contributed by atoms with Crippen LogP contribution in [0, 0.1) is 10.1 Å². The Hall–Kier alpha value is -1.27. The first kappa shape index (κ1) is 20.5. The first-order valence-corrected chi connectivity index (χ1v) is 9.40. The number of nitrogens with zero attached hydrogens (tertiary/aromatic N) is 2. The third-order valence-electron chi connectivity index (χ3n) is 3.60. The molecule has 0 bridgehead atoms. The number of pyridine rings is 1. The minimum atomic E-state index is -0.580. The van der Waals surface area contributed by atoms with Gasteiger partial charge in [-0.1, -0.05) is 69.6 Å². The van der Waals surface area contributed by atoms with Crippen LogP contribution in [0.2, 0.25) is 30.1 Å². The highest BCUT2D eigenvalue weighted by molar-refractivity contribution is 6.43. The average molecular weight is 483 g/mol. The molecule has 0 N–H and O–H groups in total. The Balaban J connectivity index is 2.40. The van der Waals surface area contributed by atoms with Crippen LogP contribution >= 0.6 is 69.6 Å². The number of aromatic nitrogens is 1. The first-order valence-electron chi connectivity index (χ1n) is 7.13. The summed E-state index contributed by atoms with van der Waals surface area (Å²) in [7, 11) is 0. The topological polar surface area (TPSA) is 56.0 Å². The molecule has 4 nitrogen and oxygen atoms in total. The number of nitro groups is 1. The summed E-state index contributed by atoms with van der Waals surface area (Å²) in [6, 6.07) is 7.21. The summed E-state index contributed by atoms with van der Waals surface area (Å²) >= 11 is 37.2. The van der Waals surface area contributed by atoms with E-state index >= 15 is 0 Å². The highest BCUT2D eigenvalue weighted by atomic mass is 35.5. The van der Waals surface area contributed by atoms with Crippen LogP contribution in [0.25, 0.3) is 22.4 Å². The van der Waals surface area contributed by atoms with Gasteiger partial charge in [-0.2, -0.15) is 0 Å². The van der Waals surface area contributed by atoms with E-state index < -0.39 is 4.92 Å². The van der Waals surface area contributed by atoms with Crippen LogP contribution < -0.4 is 0 Å². The summed E-state index contributed by atoms with van der Waals surface area (Å²) in [5.41, 5.74) is 0.947. The fourth-order valence-corrected chi connectivity index (χ4v) is 4.53. The van der Waals surface area contributed by atoms with Crippen molar-refractivity contribution in [2.75, 3.05) is 0 Å². The van der Waals surface area contributed by atoms with Crippen molar-refractivity contribution in [2.24, 2.45) is 0 Å². The summed E-state index contributed by atoms with van der Waals surface area (Å²) in [6.07, 6.45) is 1.10. The maximum absolute atomic E-state index is 11.2. The van der Waals surface area contributed by atoms with Gasteiger partial charge in [-0.05, 0) is 24.3 Å². The maximum Gasteiger partial charge on any atom is 0.288 e. The van der Waals surface area contributed by atoms with Crippen LogP contribution in [0.4, 0.5) is 5.69 Å². The lowest BCUT2D eigenvalue weighted by atomic mass is 9.98. The number of hydrogen-bond donors (Lipinski definition) is 0. The molecule has 1 aromatic heterocycles. The zero-order valence-electron chi connectivity index (χ0n) is 12.9. The Morgan fingerprint density at radius 3 is 1.63 bits per heavy atom. The van der Waals surface area contributed by atoms with Crippen molar-refractivity contribution in [1.29, 1.82) is 0 Å². The van der Waals surface area contributed by atoms with Gasteiger partial charge in [0.25, 0.3) is 5.69 Å². The van der Waals surface area contributed by atoms with Gasteiger partial charge in [0.05, 0.1) is 30.7 Å². The van der Waals surface area contributed by atoms with Crippen LogP contribution in [-0.2, 0) is 0 Å². The molecule has 0 aliphatic carbocycles. The Kier molecular flexibility index (Phi) is 6.06. The molecule has 0 saturated carbocycles. The molecule has 27 heavy (non-hydrogen) atoms. The second-order valence-electron chi connectivity index (χ2n) is 5.34. The zero-order chi connectivity index (χ0) is 19.9. The molecule has 3 rings (SSSR count). The molecule has 1 heterocycles. The quantitative estimate of drug-likeness (QED) is 0.279. The minimum absolute atomic E-state index is 0.192. The van der Waals surface area contributed by atoms with Gasteiger partial charge in [0.1, 0.15) is 6.20 Å². The van der Waals surface area contributed by atoms with Crippen molar-refractivity contribution < 1.29 is 4.92 Å². The van der Waals surface area contributed by atoms with Gasteiger partial charge in [-0.15, -0.1) is 0 Å². The second-order valence-corrected chi connectivity index (χ2v) is 7.84. The minimum Gasteiger partial charge on any atom is -0.258 e. The summed E-state index contributed by atoms with van der Waals surface area (Å²) in [5.74, 6) is 0. The molecule has 0 spiro atoms. The predicted octanol–water partition coefficient (Wildman–Crippen LogP) is 8.24. The van der Waals surface area contributed by atoms with Crippen LogP contribution in [0.5, 0.6) is 0 Å². The summed E-state index contributed by atoms with van der Waals surface area (Å²) in [6.45, 7) is 0. The third kappa shape index (κ3) is 4.11. The van der Waals surface area contributed by atoms with Crippen LogP contribution in [0.3, 0.4) is 0 Å². The summed E-state index contributed by atoms with van der Waals surface area (Å²) in [5, 5.41) is 12.7. The van der Waals surface area contributed by atoms with Crippen molar-refractivity contribution in [1.82, 2.24) is 4.98 Å². The van der Waals surface area contributed by atoms with Gasteiger partial charge in [-0.25, -0.2) is 4.98 Å². The van der Waals surface area contributed by atoms with Gasteiger partial charge in [0.2, 0.25) is 0 Å². The van der Waals surface area contributed by atoms with E-state index in [1.807, 2.05) is 0 Å². The number of benzene rings is 2. The fraction of sp³-hybridized carbons (Fsp3) is 0. The van der Waals surface area contributed by atoms with Gasteiger partial charge in [0, 0.05) is 32.8 Å². The lowest BCUT2D eigenvalue weighted by Gasteiger charge is -2.15. The van der Waals surface area contributed by atoms with Crippen molar-refractivity contribution >= 4 is 75.3 Å². The maximum atomic E-state index is 11.2. The zero-order valence-corrected chi connectivity index (χ0v) is 17.5. The van der Waals surface area contributed by atoms with Crippen LogP contribution in [0.1, 0.15) is 0 Å². The van der Waals surface area contributed by atoms with E-state index in [1.165, 1.54) is 30.3 Å². The van der Waals surface area contributed by atoms with Crippen molar-refractivity contribution in [3.8, 4) is 22.4 Å². The van der Waals surface area contributed by atoms with Gasteiger partial charge < -0.3 is 0 Å². The molecule has 0 amide bonds. The molecule has 0 atom stereocenters. The van der Waals surface area contributed by atoms with E-state index in [4.69, 9.17) is 69.6 Å². The molecule has 0 radical (unpaired) electrons. The second kappa shape index (κ2) is 8.00. The molecule has 0 saturated heterocycles. The molecule has 138 valence electrons. The average Bonchev–Trinajstić information content (AvgIpc) is 2.53. The van der Waals surface area contributed by atoms with Crippen molar-refractivity contribution in [3.05, 3.63) is 76.8 Å². The Morgan fingerprint density at radius 2 is 1.19 bits per heavy atom. The van der Waals surface area contributed by atoms with E-state index in [0.29, 0.717) is 21.2 Å². The molecule has 0 aliphatic heterocycles. The van der Waals surface area contributed by atoms with E-state index in [-0.39, 0.29) is 37.0 Å². The molecule has 0 fully saturated rings. The molecule has 2 aromatic carbocycles. The molecular weight excluding hydrogens is 477 g/mol. The monoisotopic (exact) mass is 480 g/mol. The summed E-state index contributed by atoms with van der Waals surface area (Å²) < 4.78 is 0. The van der Waals surface area contributed by atoms with E-state index in [2.05, 4.69) is 4.98 Å². The standard InChI is InChI=1S/C17H6Cl6N2O2/c18-7-1-11(20)15(12(21)2-7)10-5-9(25(26)27)6-24-17(10)16-13(22)3-8(19)4-14(16)23/h1-6H. The third-order valence-corrected chi connectivity index (χ3v) is 5.23. The molecule has 3 aromatic rings. The van der Waals surface area contributed by atoms with Gasteiger partial charge in [-0.3, -0.25) is 10.1 Å². The lowest BCUT2D eigenvalue weighted by molar-refractivity contribution is -0.385. The normalized spacial score (nSPS) is 10.9.